The number of nitrogens with two attached hydrogens (primary N) is 1. The largest absolute Gasteiger partial charge is 0.481 e. The van der Waals surface area contributed by atoms with Crippen LogP contribution in [0.2, 0.25) is 5.15 Å². The molecule has 0 radical (unpaired) electrons. The first-order valence-electron chi connectivity index (χ1n) is 3.22. The number of halogens is 1. The number of aromatic nitrogens is 1. The minimum atomic E-state index is -0.941. The molecule has 0 amide bonds. The number of carboxylic acids is 1. The Morgan fingerprint density at radius 2 is 2.33 bits per heavy atom. The molecule has 12 heavy (non-hydrogen) atoms. The lowest BCUT2D eigenvalue weighted by atomic mass is 10.2. The number of pyridine rings is 1. The molecule has 0 aliphatic carbocycles. The number of carboxylic acid groups (broad SMARTS) is 1. The van der Waals surface area contributed by atoms with Crippen molar-refractivity contribution in [2.45, 2.75) is 6.42 Å². The van der Waals surface area contributed by atoms with Gasteiger partial charge in [0.05, 0.1) is 6.42 Å². The number of nitrogens with zero attached hydrogens (tertiary/aromatic N) is 1. The van der Waals surface area contributed by atoms with Gasteiger partial charge in [0, 0.05) is 5.56 Å². The molecule has 0 bridgehead atoms. The van der Waals surface area contributed by atoms with E-state index in [1.54, 1.807) is 6.07 Å². The molecule has 5 heteroatoms. The van der Waals surface area contributed by atoms with Gasteiger partial charge in [0.15, 0.2) is 0 Å². The van der Waals surface area contributed by atoms with Gasteiger partial charge in [-0.2, -0.15) is 0 Å². The normalized spacial score (nSPS) is 9.75. The zero-order valence-electron chi connectivity index (χ0n) is 6.12. The third kappa shape index (κ3) is 2.10. The van der Waals surface area contributed by atoms with E-state index in [0.29, 0.717) is 5.56 Å². The van der Waals surface area contributed by atoms with Gasteiger partial charge >= 0.3 is 5.97 Å². The van der Waals surface area contributed by atoms with E-state index >= 15 is 0 Å². The zero-order valence-corrected chi connectivity index (χ0v) is 6.88. The van der Waals surface area contributed by atoms with Gasteiger partial charge in [0.2, 0.25) is 0 Å². The molecule has 0 atom stereocenters. The summed E-state index contributed by atoms with van der Waals surface area (Å²) in [5.74, 6) is -0.655. The van der Waals surface area contributed by atoms with Crippen molar-refractivity contribution in [2.75, 3.05) is 5.73 Å². The van der Waals surface area contributed by atoms with Crippen molar-refractivity contribution in [3.63, 3.8) is 0 Å². The molecule has 1 rings (SSSR count). The summed E-state index contributed by atoms with van der Waals surface area (Å²) < 4.78 is 0. The van der Waals surface area contributed by atoms with Gasteiger partial charge < -0.3 is 10.8 Å². The maximum Gasteiger partial charge on any atom is 0.307 e. The Morgan fingerprint density at radius 1 is 1.67 bits per heavy atom. The van der Waals surface area contributed by atoms with Crippen molar-refractivity contribution in [3.05, 3.63) is 22.8 Å². The fourth-order valence-electron chi connectivity index (χ4n) is 0.772. The predicted octanol–water partition coefficient (Wildman–Crippen LogP) is 0.944. The quantitative estimate of drug-likeness (QED) is 0.674. The molecule has 0 aliphatic rings. The minimum Gasteiger partial charge on any atom is -0.481 e. The lowest BCUT2D eigenvalue weighted by Gasteiger charge is -1.99. The summed E-state index contributed by atoms with van der Waals surface area (Å²) in [5, 5.41) is 8.59. The van der Waals surface area contributed by atoms with E-state index in [1.165, 1.54) is 6.07 Å². The monoisotopic (exact) mass is 186 g/mol. The van der Waals surface area contributed by atoms with Crippen LogP contribution >= 0.6 is 11.6 Å². The van der Waals surface area contributed by atoms with E-state index in [0.717, 1.165) is 0 Å². The molecule has 0 aromatic carbocycles. The average Bonchev–Trinajstić information content (AvgIpc) is 1.94. The lowest BCUT2D eigenvalue weighted by Crippen LogP contribution is -2.02. The van der Waals surface area contributed by atoms with E-state index in [1.807, 2.05) is 0 Å². The van der Waals surface area contributed by atoms with E-state index in [9.17, 15) is 4.79 Å². The van der Waals surface area contributed by atoms with Crippen LogP contribution < -0.4 is 5.73 Å². The lowest BCUT2D eigenvalue weighted by molar-refractivity contribution is -0.136. The van der Waals surface area contributed by atoms with E-state index in [-0.39, 0.29) is 17.4 Å². The fraction of sp³-hybridized carbons (Fsp3) is 0.143. The number of rotatable bonds is 2. The summed E-state index contributed by atoms with van der Waals surface area (Å²) in [6.07, 6.45) is -0.133. The van der Waals surface area contributed by atoms with Gasteiger partial charge in [0.25, 0.3) is 0 Å². The van der Waals surface area contributed by atoms with Crippen LogP contribution in [0.25, 0.3) is 0 Å². The van der Waals surface area contributed by atoms with E-state index in [4.69, 9.17) is 22.4 Å². The Labute approximate surface area is 74.0 Å². The van der Waals surface area contributed by atoms with Crippen molar-refractivity contribution in [1.29, 1.82) is 0 Å². The summed E-state index contributed by atoms with van der Waals surface area (Å²) in [7, 11) is 0. The molecule has 0 saturated carbocycles. The van der Waals surface area contributed by atoms with Gasteiger partial charge in [-0.05, 0) is 6.07 Å². The standard InChI is InChI=1S/C7H7ClN2O2/c8-7-4(3-6(11)12)1-2-5(9)10-7/h1-2H,3H2,(H2,9,10)(H,11,12). The highest BCUT2D eigenvalue weighted by molar-refractivity contribution is 6.30. The second-order valence-corrected chi connectivity index (χ2v) is 2.61. The summed E-state index contributed by atoms with van der Waals surface area (Å²) in [4.78, 5) is 14.0. The first-order chi connectivity index (χ1) is 5.59. The van der Waals surface area contributed by atoms with Crippen LogP contribution in [0.3, 0.4) is 0 Å². The Balaban J connectivity index is 2.93. The molecule has 0 unspecified atom stereocenters. The maximum atomic E-state index is 10.3. The molecule has 64 valence electrons. The minimum absolute atomic E-state index is 0.133. The molecule has 0 fully saturated rings. The van der Waals surface area contributed by atoms with Crippen molar-refractivity contribution in [3.8, 4) is 0 Å². The molecule has 1 heterocycles. The summed E-state index contributed by atoms with van der Waals surface area (Å²) in [6, 6.07) is 3.07. The Hall–Kier alpha value is -1.29. The van der Waals surface area contributed by atoms with Gasteiger partial charge in [-0.25, -0.2) is 4.98 Å². The van der Waals surface area contributed by atoms with Crippen LogP contribution in [0.4, 0.5) is 5.82 Å². The Bertz CT molecular complexity index is 314. The van der Waals surface area contributed by atoms with Gasteiger partial charge in [0.1, 0.15) is 11.0 Å². The molecule has 0 saturated heterocycles. The first kappa shape index (κ1) is 8.80. The Kier molecular flexibility index (Phi) is 2.50. The molecular formula is C7H7ClN2O2. The SMILES string of the molecule is Nc1ccc(CC(=O)O)c(Cl)n1. The highest BCUT2D eigenvalue weighted by atomic mass is 35.5. The van der Waals surface area contributed by atoms with Crippen LogP contribution in [0, 0.1) is 0 Å². The van der Waals surface area contributed by atoms with Crippen LogP contribution in [0.1, 0.15) is 5.56 Å². The number of hydrogen-bond donors (Lipinski definition) is 2. The van der Waals surface area contributed by atoms with Crippen LogP contribution in [0.15, 0.2) is 12.1 Å². The van der Waals surface area contributed by atoms with Crippen molar-refractivity contribution in [2.24, 2.45) is 0 Å². The number of nitrogen functional groups attached to an aromatic ring is 1. The zero-order chi connectivity index (χ0) is 9.14. The number of carbonyl (C=O) groups is 1. The van der Waals surface area contributed by atoms with Crippen molar-refractivity contribution in [1.82, 2.24) is 4.98 Å². The molecule has 1 aromatic rings. The van der Waals surface area contributed by atoms with E-state index < -0.39 is 5.97 Å². The number of aliphatic carboxylic acids is 1. The molecule has 0 aliphatic heterocycles. The smallest absolute Gasteiger partial charge is 0.307 e. The first-order valence-corrected chi connectivity index (χ1v) is 3.60. The molecule has 0 spiro atoms. The predicted molar refractivity (Wildman–Crippen MR) is 45.0 cm³/mol. The van der Waals surface area contributed by atoms with Gasteiger partial charge in [-0.1, -0.05) is 17.7 Å². The van der Waals surface area contributed by atoms with Crippen molar-refractivity contribution >= 4 is 23.4 Å². The van der Waals surface area contributed by atoms with Crippen LogP contribution in [-0.4, -0.2) is 16.1 Å². The van der Waals surface area contributed by atoms with E-state index in [2.05, 4.69) is 4.98 Å². The highest BCUT2D eigenvalue weighted by Crippen LogP contribution is 2.14. The summed E-state index contributed by atoms with van der Waals surface area (Å²) in [6.45, 7) is 0. The number of anilines is 1. The second-order valence-electron chi connectivity index (χ2n) is 2.26. The average molecular weight is 187 g/mol. The topological polar surface area (TPSA) is 76.2 Å². The van der Waals surface area contributed by atoms with Gasteiger partial charge in [-0.3, -0.25) is 4.79 Å². The Morgan fingerprint density at radius 3 is 2.83 bits per heavy atom. The summed E-state index contributed by atoms with van der Waals surface area (Å²) >= 11 is 5.62. The molecule has 4 nitrogen and oxygen atoms in total. The molecule has 3 N–H and O–H groups in total. The fourth-order valence-corrected chi connectivity index (χ4v) is 0.999. The maximum absolute atomic E-state index is 10.3. The molecular weight excluding hydrogens is 180 g/mol. The van der Waals surface area contributed by atoms with Crippen LogP contribution in [0.5, 0.6) is 0 Å². The number of hydrogen-bond acceptors (Lipinski definition) is 3. The van der Waals surface area contributed by atoms with Crippen LogP contribution in [-0.2, 0) is 11.2 Å². The highest BCUT2D eigenvalue weighted by Gasteiger charge is 2.05. The third-order valence-electron chi connectivity index (χ3n) is 1.29. The van der Waals surface area contributed by atoms with Gasteiger partial charge in [-0.15, -0.1) is 0 Å². The summed E-state index contributed by atoms with van der Waals surface area (Å²) in [5.41, 5.74) is 5.79. The third-order valence-corrected chi connectivity index (χ3v) is 1.62. The van der Waals surface area contributed by atoms with Crippen molar-refractivity contribution < 1.29 is 9.90 Å². The molecule has 1 aromatic heterocycles. The second kappa shape index (κ2) is 3.40.